The fourth-order valence-corrected chi connectivity index (χ4v) is 2.81. The lowest BCUT2D eigenvalue weighted by Crippen LogP contribution is -2.42. The highest BCUT2D eigenvalue weighted by Crippen LogP contribution is 2.26. The number of para-hydroxylation sites is 1. The van der Waals surface area contributed by atoms with E-state index in [0.717, 1.165) is 5.56 Å². The molecule has 1 aliphatic rings. The lowest BCUT2D eigenvalue weighted by molar-refractivity contribution is -0.0229. The fourth-order valence-electron chi connectivity index (χ4n) is 2.81. The van der Waals surface area contributed by atoms with Crippen molar-refractivity contribution in [2.24, 2.45) is 0 Å². The van der Waals surface area contributed by atoms with E-state index < -0.39 is 0 Å². The molecule has 1 atom stereocenters. The molecule has 4 nitrogen and oxygen atoms in total. The highest BCUT2D eigenvalue weighted by atomic mass is 16.5. The van der Waals surface area contributed by atoms with Crippen LogP contribution in [0.25, 0.3) is 0 Å². The van der Waals surface area contributed by atoms with Crippen LogP contribution in [0.3, 0.4) is 0 Å². The van der Waals surface area contributed by atoms with Gasteiger partial charge in [-0.1, -0.05) is 42.0 Å². The molecule has 1 heterocycles. The number of rotatable bonds is 3. The van der Waals surface area contributed by atoms with Crippen molar-refractivity contribution < 1.29 is 14.3 Å². The number of methoxy groups -OCH3 is 1. The van der Waals surface area contributed by atoms with Gasteiger partial charge in [0.05, 0.1) is 25.8 Å². The summed E-state index contributed by atoms with van der Waals surface area (Å²) in [5.74, 6) is 0.596. The lowest BCUT2D eigenvalue weighted by atomic mass is 10.1. The van der Waals surface area contributed by atoms with Crippen molar-refractivity contribution in [1.82, 2.24) is 4.90 Å². The summed E-state index contributed by atoms with van der Waals surface area (Å²) >= 11 is 0. The molecule has 0 spiro atoms. The van der Waals surface area contributed by atoms with Crippen molar-refractivity contribution >= 4 is 5.91 Å². The number of hydrogen-bond donors (Lipinski definition) is 0. The minimum Gasteiger partial charge on any atom is -0.496 e. The second kappa shape index (κ2) is 6.84. The topological polar surface area (TPSA) is 38.8 Å². The Labute approximate surface area is 136 Å². The third-order valence-electron chi connectivity index (χ3n) is 4.14. The first kappa shape index (κ1) is 15.6. The van der Waals surface area contributed by atoms with E-state index in [1.807, 2.05) is 23.1 Å². The molecule has 120 valence electrons. The van der Waals surface area contributed by atoms with E-state index >= 15 is 0 Å². The van der Waals surface area contributed by atoms with Crippen LogP contribution in [0.15, 0.2) is 48.5 Å². The molecule has 2 aromatic carbocycles. The molecule has 1 unspecified atom stereocenters. The third kappa shape index (κ3) is 3.37. The Bertz CT molecular complexity index is 681. The first-order chi connectivity index (χ1) is 11.2. The molecule has 4 heteroatoms. The van der Waals surface area contributed by atoms with Gasteiger partial charge in [0.25, 0.3) is 5.91 Å². The summed E-state index contributed by atoms with van der Waals surface area (Å²) in [6.45, 7) is 3.75. The number of ether oxygens (including phenoxy) is 2. The van der Waals surface area contributed by atoms with Crippen LogP contribution >= 0.6 is 0 Å². The van der Waals surface area contributed by atoms with Crippen LogP contribution in [0.1, 0.15) is 27.6 Å². The van der Waals surface area contributed by atoms with Gasteiger partial charge in [0.1, 0.15) is 11.9 Å². The summed E-state index contributed by atoms with van der Waals surface area (Å²) in [5.41, 5.74) is 2.92. The normalized spacial score (nSPS) is 17.8. The van der Waals surface area contributed by atoms with Crippen LogP contribution in [-0.2, 0) is 4.74 Å². The summed E-state index contributed by atoms with van der Waals surface area (Å²) in [6.07, 6.45) is -0.0805. The Balaban J connectivity index is 1.78. The lowest BCUT2D eigenvalue weighted by Gasteiger charge is -2.33. The summed E-state index contributed by atoms with van der Waals surface area (Å²) < 4.78 is 11.2. The van der Waals surface area contributed by atoms with Crippen molar-refractivity contribution in [3.63, 3.8) is 0 Å². The van der Waals surface area contributed by atoms with E-state index in [0.29, 0.717) is 31.0 Å². The number of morpholine rings is 1. The smallest absolute Gasteiger partial charge is 0.257 e. The minimum atomic E-state index is -0.0805. The maximum atomic E-state index is 12.8. The molecule has 0 N–H and O–H groups in total. The Morgan fingerprint density at radius 2 is 1.91 bits per heavy atom. The van der Waals surface area contributed by atoms with E-state index in [1.165, 1.54) is 5.56 Å². The van der Waals surface area contributed by atoms with Crippen LogP contribution in [0, 0.1) is 6.92 Å². The van der Waals surface area contributed by atoms with Gasteiger partial charge in [-0.3, -0.25) is 4.79 Å². The zero-order chi connectivity index (χ0) is 16.2. The van der Waals surface area contributed by atoms with Crippen LogP contribution < -0.4 is 4.74 Å². The van der Waals surface area contributed by atoms with Crippen LogP contribution in [0.4, 0.5) is 0 Å². The highest BCUT2D eigenvalue weighted by molar-refractivity contribution is 5.97. The SMILES string of the molecule is COc1ccccc1C(=O)N1CCOC(c2ccc(C)cc2)C1. The van der Waals surface area contributed by atoms with E-state index in [-0.39, 0.29) is 12.0 Å². The zero-order valence-electron chi connectivity index (χ0n) is 13.5. The maximum Gasteiger partial charge on any atom is 0.257 e. The minimum absolute atomic E-state index is 0.0112. The number of aryl methyl sites for hydroxylation is 1. The number of nitrogens with zero attached hydrogens (tertiary/aromatic N) is 1. The maximum absolute atomic E-state index is 12.8. The summed E-state index contributed by atoms with van der Waals surface area (Å²) in [5, 5.41) is 0. The van der Waals surface area contributed by atoms with Crippen molar-refractivity contribution in [2.45, 2.75) is 13.0 Å². The molecule has 1 saturated heterocycles. The van der Waals surface area contributed by atoms with Crippen LogP contribution in [0.2, 0.25) is 0 Å². The van der Waals surface area contributed by atoms with E-state index in [2.05, 4.69) is 31.2 Å². The average Bonchev–Trinajstić information content (AvgIpc) is 2.62. The van der Waals surface area contributed by atoms with Gasteiger partial charge >= 0.3 is 0 Å². The molecule has 1 aliphatic heterocycles. The predicted octanol–water partition coefficient (Wildman–Crippen LogP) is 3.22. The van der Waals surface area contributed by atoms with Gasteiger partial charge in [-0.2, -0.15) is 0 Å². The zero-order valence-corrected chi connectivity index (χ0v) is 13.5. The quantitative estimate of drug-likeness (QED) is 0.873. The molecule has 1 amide bonds. The van der Waals surface area contributed by atoms with Crippen molar-refractivity contribution in [3.8, 4) is 5.75 Å². The molecule has 23 heavy (non-hydrogen) atoms. The van der Waals surface area contributed by atoms with Gasteiger partial charge in [-0.25, -0.2) is 0 Å². The van der Waals surface area contributed by atoms with Crippen LogP contribution in [0.5, 0.6) is 5.75 Å². The highest BCUT2D eigenvalue weighted by Gasteiger charge is 2.27. The largest absolute Gasteiger partial charge is 0.496 e. The summed E-state index contributed by atoms with van der Waals surface area (Å²) in [7, 11) is 1.58. The number of amides is 1. The predicted molar refractivity (Wildman–Crippen MR) is 88.8 cm³/mol. The Morgan fingerprint density at radius 1 is 1.17 bits per heavy atom. The summed E-state index contributed by atoms with van der Waals surface area (Å²) in [6, 6.07) is 15.6. The molecule has 0 radical (unpaired) electrons. The molecule has 0 bridgehead atoms. The first-order valence-electron chi connectivity index (χ1n) is 7.79. The fraction of sp³-hybridized carbons (Fsp3) is 0.316. The molecule has 0 aromatic heterocycles. The van der Waals surface area contributed by atoms with Gasteiger partial charge in [-0.05, 0) is 24.6 Å². The van der Waals surface area contributed by atoms with Gasteiger partial charge in [-0.15, -0.1) is 0 Å². The monoisotopic (exact) mass is 311 g/mol. The van der Waals surface area contributed by atoms with E-state index in [1.54, 1.807) is 13.2 Å². The standard InChI is InChI=1S/C19H21NO3/c1-14-7-9-15(10-8-14)18-13-20(11-12-23-18)19(21)16-5-3-4-6-17(16)22-2/h3-10,18H,11-13H2,1-2H3. The van der Waals surface area contributed by atoms with Gasteiger partial charge < -0.3 is 14.4 Å². The molecule has 1 fully saturated rings. The van der Waals surface area contributed by atoms with Crippen LogP contribution in [-0.4, -0.2) is 37.6 Å². The molecule has 3 rings (SSSR count). The second-order valence-corrected chi connectivity index (χ2v) is 5.72. The molecular weight excluding hydrogens is 290 g/mol. The van der Waals surface area contributed by atoms with E-state index in [4.69, 9.17) is 9.47 Å². The Morgan fingerprint density at radius 3 is 2.65 bits per heavy atom. The van der Waals surface area contributed by atoms with E-state index in [9.17, 15) is 4.79 Å². The number of carbonyl (C=O) groups is 1. The van der Waals surface area contributed by atoms with Gasteiger partial charge in [0.15, 0.2) is 0 Å². The average molecular weight is 311 g/mol. The Kier molecular flexibility index (Phi) is 4.63. The third-order valence-corrected chi connectivity index (χ3v) is 4.14. The number of hydrogen-bond acceptors (Lipinski definition) is 3. The molecule has 0 aliphatic carbocycles. The molecule has 0 saturated carbocycles. The van der Waals surface area contributed by atoms with Crippen molar-refractivity contribution in [2.75, 3.05) is 26.8 Å². The van der Waals surface area contributed by atoms with Crippen molar-refractivity contribution in [1.29, 1.82) is 0 Å². The van der Waals surface area contributed by atoms with Gasteiger partial charge in [0.2, 0.25) is 0 Å². The van der Waals surface area contributed by atoms with Gasteiger partial charge in [0, 0.05) is 6.54 Å². The number of benzene rings is 2. The molecular formula is C19H21NO3. The first-order valence-corrected chi connectivity index (χ1v) is 7.79. The second-order valence-electron chi connectivity index (χ2n) is 5.72. The summed E-state index contributed by atoms with van der Waals surface area (Å²) in [4.78, 5) is 14.6. The molecule has 2 aromatic rings. The van der Waals surface area contributed by atoms with Crippen molar-refractivity contribution in [3.05, 3.63) is 65.2 Å². The number of carbonyl (C=O) groups excluding carboxylic acids is 1. The Hall–Kier alpha value is -2.33.